The molecule has 1 aliphatic heterocycles. The topological polar surface area (TPSA) is 72.4 Å². The molecule has 2 unspecified atom stereocenters. The molecule has 0 radical (unpaired) electrons. The van der Waals surface area contributed by atoms with Crippen molar-refractivity contribution in [3.63, 3.8) is 0 Å². The molecule has 33 heavy (non-hydrogen) atoms. The number of hydroxylamine groups is 2. The summed E-state index contributed by atoms with van der Waals surface area (Å²) in [5.74, 6) is 1.74. The van der Waals surface area contributed by atoms with Crippen LogP contribution in [0.1, 0.15) is 40.2 Å². The van der Waals surface area contributed by atoms with Crippen LogP contribution in [-0.4, -0.2) is 37.6 Å². The number of hydrogen-bond donors (Lipinski definition) is 0. The van der Waals surface area contributed by atoms with Gasteiger partial charge in [0.15, 0.2) is 0 Å². The Morgan fingerprint density at radius 3 is 2.15 bits per heavy atom. The van der Waals surface area contributed by atoms with Crippen molar-refractivity contribution in [1.82, 2.24) is 14.6 Å². The number of benzene rings is 2. The number of anilines is 1. The van der Waals surface area contributed by atoms with E-state index in [0.29, 0.717) is 30.6 Å². The van der Waals surface area contributed by atoms with E-state index >= 15 is 0 Å². The van der Waals surface area contributed by atoms with Gasteiger partial charge in [-0.2, -0.15) is 13.4 Å². The van der Waals surface area contributed by atoms with Gasteiger partial charge in [-0.3, -0.25) is 4.90 Å². The SMILES string of the molecule is Cc1ccc(S(=O)(=O)O[N+]2(CC(C)C)c3nc4ccccc4nc3N(CC(C)C)C2C)cc1. The molecule has 7 nitrogen and oxygen atoms in total. The molecule has 0 fully saturated rings. The molecule has 1 aliphatic rings. The normalized spacial score (nSPS) is 20.7. The van der Waals surface area contributed by atoms with Gasteiger partial charge in [0.05, 0.1) is 15.9 Å². The number of quaternary nitrogens is 1. The molecule has 2 atom stereocenters. The maximum absolute atomic E-state index is 13.5. The first-order valence-corrected chi connectivity index (χ1v) is 12.9. The van der Waals surface area contributed by atoms with Crippen LogP contribution in [0.4, 0.5) is 11.6 Å². The van der Waals surface area contributed by atoms with Gasteiger partial charge in [0.1, 0.15) is 6.54 Å². The summed E-state index contributed by atoms with van der Waals surface area (Å²) in [6, 6.07) is 14.4. The van der Waals surface area contributed by atoms with Crippen LogP contribution in [0.15, 0.2) is 53.4 Å². The zero-order valence-corrected chi connectivity index (χ0v) is 21.0. The molecule has 0 spiro atoms. The van der Waals surface area contributed by atoms with E-state index in [1.807, 2.05) is 38.1 Å². The average Bonchev–Trinajstić information content (AvgIpc) is 2.93. The van der Waals surface area contributed by atoms with E-state index in [1.165, 1.54) is 0 Å². The molecule has 0 saturated heterocycles. The van der Waals surface area contributed by atoms with Gasteiger partial charge in [-0.25, -0.2) is 4.98 Å². The Morgan fingerprint density at radius 1 is 0.970 bits per heavy atom. The molecule has 0 N–H and O–H groups in total. The monoisotopic (exact) mass is 469 g/mol. The van der Waals surface area contributed by atoms with Crippen LogP contribution in [0.5, 0.6) is 0 Å². The summed E-state index contributed by atoms with van der Waals surface area (Å²) in [7, 11) is -4.07. The zero-order valence-electron chi connectivity index (χ0n) is 20.2. The predicted molar refractivity (Wildman–Crippen MR) is 132 cm³/mol. The second kappa shape index (κ2) is 8.66. The van der Waals surface area contributed by atoms with Gasteiger partial charge in [-0.15, -0.1) is 0 Å². The lowest BCUT2D eigenvalue weighted by Crippen LogP contribution is -2.60. The standard InChI is InChI=1S/C25H33N4O3S/c1-17(2)15-28-20(6)29(16-18(3)4,32-33(30,31)21-13-11-19(5)12-14-21)25-24(28)26-22-9-7-8-10-23(22)27-25/h7-14,17-18,20H,15-16H2,1-6H3/q+1. The number of nitrogens with zero attached hydrogens (tertiary/aromatic N) is 4. The Morgan fingerprint density at radius 2 is 1.58 bits per heavy atom. The second-order valence-electron chi connectivity index (χ2n) is 9.75. The van der Waals surface area contributed by atoms with E-state index in [2.05, 4.69) is 32.6 Å². The Balaban J connectivity index is 1.93. The van der Waals surface area contributed by atoms with Crippen molar-refractivity contribution < 1.29 is 12.7 Å². The van der Waals surface area contributed by atoms with Gasteiger partial charge >= 0.3 is 15.9 Å². The van der Waals surface area contributed by atoms with Crippen LogP contribution in [0, 0.1) is 18.8 Å². The third-order valence-electron chi connectivity index (χ3n) is 5.96. The summed E-state index contributed by atoms with van der Waals surface area (Å²) in [5, 5.41) is 0. The third-order valence-corrected chi connectivity index (χ3v) is 7.27. The van der Waals surface area contributed by atoms with E-state index in [4.69, 9.17) is 14.3 Å². The van der Waals surface area contributed by atoms with E-state index in [1.54, 1.807) is 24.3 Å². The maximum atomic E-state index is 13.5. The van der Waals surface area contributed by atoms with Crippen LogP contribution < -0.4 is 9.55 Å². The number of aryl methyl sites for hydroxylation is 1. The summed E-state index contributed by atoms with van der Waals surface area (Å²) in [5.41, 5.74) is 2.49. The van der Waals surface area contributed by atoms with Gasteiger partial charge < -0.3 is 0 Å². The number of hydrogen-bond acceptors (Lipinski definition) is 6. The lowest BCUT2D eigenvalue weighted by atomic mass is 10.2. The van der Waals surface area contributed by atoms with E-state index in [0.717, 1.165) is 16.6 Å². The molecule has 2 aromatic carbocycles. The van der Waals surface area contributed by atoms with E-state index in [-0.39, 0.29) is 21.6 Å². The van der Waals surface area contributed by atoms with Crippen molar-refractivity contribution in [2.75, 3.05) is 18.0 Å². The predicted octanol–water partition coefficient (Wildman–Crippen LogP) is 5.04. The number of aromatic nitrogens is 2. The van der Waals surface area contributed by atoms with E-state index < -0.39 is 10.1 Å². The smallest absolute Gasteiger partial charge is 0.298 e. The lowest BCUT2D eigenvalue weighted by Gasteiger charge is -2.36. The fraction of sp³-hybridized carbons (Fsp3) is 0.440. The molecule has 0 amide bonds. The zero-order chi connectivity index (χ0) is 24.0. The Hall–Kier alpha value is -2.55. The number of fused-ring (bicyclic) bond motifs is 2. The molecule has 176 valence electrons. The minimum absolute atomic E-state index is 0.138. The molecular weight excluding hydrogens is 436 g/mol. The number of para-hydroxylation sites is 2. The van der Waals surface area contributed by atoms with Gasteiger partial charge in [0.25, 0.3) is 0 Å². The first kappa shape index (κ1) is 23.6. The molecule has 0 aliphatic carbocycles. The molecule has 8 heteroatoms. The van der Waals surface area contributed by atoms with Crippen LogP contribution in [-0.2, 0) is 14.4 Å². The minimum atomic E-state index is -4.07. The Kier molecular flexibility index (Phi) is 6.20. The Labute approximate surface area is 196 Å². The Bertz CT molecular complexity index is 1260. The molecule has 4 rings (SSSR count). The van der Waals surface area contributed by atoms with Crippen molar-refractivity contribution in [2.24, 2.45) is 11.8 Å². The fourth-order valence-electron chi connectivity index (χ4n) is 4.47. The molecular formula is C25H33N4O3S+. The quantitative estimate of drug-likeness (QED) is 0.451. The first-order valence-electron chi connectivity index (χ1n) is 11.5. The highest BCUT2D eigenvalue weighted by Gasteiger charge is 2.57. The van der Waals surface area contributed by atoms with Gasteiger partial charge in [-0.1, -0.05) is 66.5 Å². The van der Waals surface area contributed by atoms with Crippen molar-refractivity contribution >= 4 is 32.8 Å². The lowest BCUT2D eigenvalue weighted by molar-refractivity contribution is -0.0757. The largest absolute Gasteiger partial charge is 0.343 e. The highest BCUT2D eigenvalue weighted by molar-refractivity contribution is 7.86. The van der Waals surface area contributed by atoms with Crippen molar-refractivity contribution in [1.29, 1.82) is 0 Å². The first-order chi connectivity index (χ1) is 15.5. The summed E-state index contributed by atoms with van der Waals surface area (Å²) in [6.07, 6.45) is -0.318. The summed E-state index contributed by atoms with van der Waals surface area (Å²) in [4.78, 5) is 12.2. The van der Waals surface area contributed by atoms with Crippen LogP contribution in [0.3, 0.4) is 0 Å². The number of rotatable bonds is 7. The van der Waals surface area contributed by atoms with Crippen molar-refractivity contribution in [3.8, 4) is 0 Å². The van der Waals surface area contributed by atoms with Crippen LogP contribution >= 0.6 is 0 Å². The van der Waals surface area contributed by atoms with Crippen LogP contribution in [0.2, 0.25) is 0 Å². The van der Waals surface area contributed by atoms with Crippen molar-refractivity contribution in [3.05, 3.63) is 54.1 Å². The molecule has 2 heterocycles. The summed E-state index contributed by atoms with van der Waals surface area (Å²) in [6.45, 7) is 13.5. The highest BCUT2D eigenvalue weighted by atomic mass is 32.2. The molecule has 1 aromatic heterocycles. The minimum Gasteiger partial charge on any atom is -0.298 e. The van der Waals surface area contributed by atoms with Gasteiger partial charge in [0.2, 0.25) is 12.0 Å². The summed E-state index contributed by atoms with van der Waals surface area (Å²) >= 11 is 0. The molecule has 0 bridgehead atoms. The molecule has 0 saturated carbocycles. The maximum Gasteiger partial charge on any atom is 0.343 e. The third kappa shape index (κ3) is 4.35. The second-order valence-corrected chi connectivity index (χ2v) is 11.3. The van der Waals surface area contributed by atoms with Crippen molar-refractivity contribution in [2.45, 2.75) is 52.6 Å². The highest BCUT2D eigenvalue weighted by Crippen LogP contribution is 2.46. The molecule has 3 aromatic rings. The van der Waals surface area contributed by atoms with Gasteiger partial charge in [0, 0.05) is 19.4 Å². The summed E-state index contributed by atoms with van der Waals surface area (Å²) < 4.78 is 33.0. The van der Waals surface area contributed by atoms with Gasteiger partial charge in [-0.05, 0) is 37.1 Å². The van der Waals surface area contributed by atoms with E-state index in [9.17, 15) is 8.42 Å². The fourth-order valence-corrected chi connectivity index (χ4v) is 5.63. The van der Waals surface area contributed by atoms with Crippen LogP contribution in [0.25, 0.3) is 11.0 Å². The average molecular weight is 470 g/mol.